The van der Waals surface area contributed by atoms with Crippen molar-refractivity contribution in [3.05, 3.63) is 106 Å². The van der Waals surface area contributed by atoms with E-state index in [1.54, 1.807) is 32.7 Å². The van der Waals surface area contributed by atoms with Crippen LogP contribution >= 0.6 is 0 Å². The monoisotopic (exact) mass is 1020 g/mol. The fraction of sp³-hybridized carbons (Fsp3) is 0.500. The molecule has 2 unspecified atom stereocenters. The molecule has 4 aliphatic heterocycles. The first-order valence-electron chi connectivity index (χ1n) is 25.7. The Kier molecular flexibility index (Phi) is 16.3. The molecule has 0 bridgehead atoms. The number of imide groups is 1. The van der Waals surface area contributed by atoms with Crippen molar-refractivity contribution >= 4 is 58.5 Å². The third kappa shape index (κ3) is 12.5. The average Bonchev–Trinajstić information content (AvgIpc) is 3.89. The van der Waals surface area contributed by atoms with Gasteiger partial charge in [-0.25, -0.2) is 9.59 Å². The number of ether oxygens (including phenoxy) is 1. The number of carbonyl (C=O) groups excluding carboxylic acids is 8. The second-order valence-electron chi connectivity index (χ2n) is 21.1. The van der Waals surface area contributed by atoms with Crippen molar-refractivity contribution in [2.45, 2.75) is 127 Å². The van der Waals surface area contributed by atoms with Gasteiger partial charge in [0.2, 0.25) is 41.4 Å². The molecule has 4 aliphatic rings. The number of amides is 8. The Labute approximate surface area is 429 Å². The normalized spacial score (nSPS) is 21.3. The zero-order valence-corrected chi connectivity index (χ0v) is 42.5. The zero-order valence-electron chi connectivity index (χ0n) is 42.5. The first-order valence-corrected chi connectivity index (χ1v) is 25.7. The highest BCUT2D eigenvalue weighted by molar-refractivity contribution is 6.00. The number of aromatic nitrogens is 2. The summed E-state index contributed by atoms with van der Waals surface area (Å²) < 4.78 is 8.57. The number of nitrogens with two attached hydrogens (primary N) is 1. The van der Waals surface area contributed by atoms with Gasteiger partial charge in [-0.2, -0.15) is 0 Å². The van der Waals surface area contributed by atoms with E-state index in [0.29, 0.717) is 42.9 Å². The Bertz CT molecular complexity index is 2780. The molecule has 0 aliphatic carbocycles. The number of nitrogens with zero attached hydrogens (tertiary/aromatic N) is 5. The Morgan fingerprint density at radius 2 is 1.49 bits per heavy atom. The fourth-order valence-corrected chi connectivity index (χ4v) is 10.9. The third-order valence-corrected chi connectivity index (χ3v) is 14.7. The molecule has 8 rings (SSSR count). The minimum Gasteiger partial charge on any atom is -0.444 e. The minimum atomic E-state index is -1.26. The Morgan fingerprint density at radius 3 is 2.12 bits per heavy atom. The molecule has 394 valence electrons. The van der Waals surface area contributed by atoms with Gasteiger partial charge in [0.15, 0.2) is 0 Å². The Hall–Kier alpha value is -7.35. The molecule has 5 heterocycles. The van der Waals surface area contributed by atoms with Gasteiger partial charge in [0, 0.05) is 32.5 Å². The predicted molar refractivity (Wildman–Crippen MR) is 273 cm³/mol. The largest absolute Gasteiger partial charge is 0.444 e. The highest BCUT2D eigenvalue weighted by atomic mass is 16.6. The summed E-state index contributed by atoms with van der Waals surface area (Å²) in [5, 5.41) is 11.0. The SMILES string of the molecule is Cn1c(=O)n(C2CCC(=O)NC2=O)c2ccc(CC3CCN(CC(=O)N4CC[C@H]5CC[C@@H](C(=O)NC(CCC(N)=O)C(=O)NC(c6ccccc6)c6ccccc6)N5C(=O)[C@@H](NC(=O)OC(C)(C)C)C4)CC3)cc21. The zero-order chi connectivity index (χ0) is 52.8. The molecule has 0 spiro atoms. The highest BCUT2D eigenvalue weighted by Gasteiger charge is 2.46. The number of alkyl carbamates (subject to hydrolysis) is 1. The Balaban J connectivity index is 0.918. The first-order chi connectivity index (χ1) is 35.3. The van der Waals surface area contributed by atoms with Crippen LogP contribution in [0.2, 0.25) is 0 Å². The van der Waals surface area contributed by atoms with Crippen molar-refractivity contribution in [2.24, 2.45) is 18.7 Å². The number of rotatable bonds is 15. The standard InChI is InChI=1S/C54H68N10O10/c1-54(2,3)74-52(72)57-39-31-62(46(67)32-61-26-23-33(24-27-61)29-34-15-18-40-43(30-34)60(4)53(73)64(40)42-20-22-45(66)58-50(42)70)28-25-37-16-19-41(63(37)51(39)71)49(69)56-38(17-21-44(55)65)48(68)59-47(35-11-7-5-8-12-35)36-13-9-6-10-14-36/h5-15,18,30,33,37-39,41-42,47H,16-17,19-29,31-32H2,1-4H3,(H2,55,65)(H,56,69)(H,57,72)(H,59,68)(H,58,66,70)/t37-,38?,39+,41+,42?/m1/s1. The van der Waals surface area contributed by atoms with Crippen LogP contribution in [0.3, 0.4) is 0 Å². The van der Waals surface area contributed by atoms with Crippen LogP contribution in [-0.4, -0.2) is 134 Å². The number of fused-ring (bicyclic) bond motifs is 2. The number of nitrogens with one attached hydrogen (secondary N) is 4. The van der Waals surface area contributed by atoms with Gasteiger partial charge in [0.1, 0.15) is 29.8 Å². The number of piperidine rings is 2. The van der Waals surface area contributed by atoms with Gasteiger partial charge in [-0.1, -0.05) is 66.7 Å². The maximum Gasteiger partial charge on any atom is 0.408 e. The summed E-state index contributed by atoms with van der Waals surface area (Å²) in [5.74, 6) is -3.07. The summed E-state index contributed by atoms with van der Waals surface area (Å²) in [6, 6.07) is 19.2. The van der Waals surface area contributed by atoms with Crippen LogP contribution in [0.25, 0.3) is 11.0 Å². The molecule has 20 nitrogen and oxygen atoms in total. The topological polar surface area (TPSA) is 257 Å². The van der Waals surface area contributed by atoms with E-state index in [9.17, 15) is 43.2 Å². The number of hydrogen-bond acceptors (Lipinski definition) is 11. The third-order valence-electron chi connectivity index (χ3n) is 14.7. The van der Waals surface area contributed by atoms with Gasteiger partial charge in [0.25, 0.3) is 0 Å². The molecule has 74 heavy (non-hydrogen) atoms. The lowest BCUT2D eigenvalue weighted by Crippen LogP contribution is -2.62. The van der Waals surface area contributed by atoms with Gasteiger partial charge < -0.3 is 36.2 Å². The number of benzene rings is 3. The van der Waals surface area contributed by atoms with E-state index in [-0.39, 0.29) is 69.2 Å². The molecule has 1 aromatic heterocycles. The number of likely N-dealkylation sites (tertiary alicyclic amines) is 1. The van der Waals surface area contributed by atoms with E-state index in [4.69, 9.17) is 10.5 Å². The van der Waals surface area contributed by atoms with Crippen molar-refractivity contribution < 1.29 is 43.1 Å². The van der Waals surface area contributed by atoms with Gasteiger partial charge in [-0.3, -0.25) is 52.9 Å². The van der Waals surface area contributed by atoms with Gasteiger partial charge in [-0.15, -0.1) is 0 Å². The molecule has 20 heteroatoms. The van der Waals surface area contributed by atoms with Crippen molar-refractivity contribution in [2.75, 3.05) is 32.7 Å². The van der Waals surface area contributed by atoms with Crippen LogP contribution in [0.4, 0.5) is 4.79 Å². The minimum absolute atomic E-state index is 0.0882. The summed E-state index contributed by atoms with van der Waals surface area (Å²) in [4.78, 5) is 126. The predicted octanol–water partition coefficient (Wildman–Crippen LogP) is 2.71. The summed E-state index contributed by atoms with van der Waals surface area (Å²) in [6.07, 6.45) is 2.72. The fourth-order valence-electron chi connectivity index (χ4n) is 10.9. The maximum absolute atomic E-state index is 14.8. The van der Waals surface area contributed by atoms with Crippen molar-refractivity contribution in [3.8, 4) is 0 Å². The molecule has 0 saturated carbocycles. The van der Waals surface area contributed by atoms with E-state index in [1.807, 2.05) is 78.9 Å². The van der Waals surface area contributed by atoms with E-state index < -0.39 is 77.5 Å². The van der Waals surface area contributed by atoms with Crippen LogP contribution < -0.4 is 32.7 Å². The van der Waals surface area contributed by atoms with Crippen molar-refractivity contribution in [1.82, 2.24) is 45.1 Å². The second kappa shape index (κ2) is 22.8. The van der Waals surface area contributed by atoms with Crippen LogP contribution in [0, 0.1) is 5.92 Å². The molecule has 4 fully saturated rings. The van der Waals surface area contributed by atoms with E-state index in [1.165, 1.54) is 14.0 Å². The number of aryl methyl sites for hydroxylation is 1. The first kappa shape index (κ1) is 53.0. The molecule has 6 N–H and O–H groups in total. The van der Waals surface area contributed by atoms with Crippen LogP contribution in [-0.2, 0) is 51.8 Å². The molecule has 4 aromatic rings. The van der Waals surface area contributed by atoms with Crippen LogP contribution in [0.15, 0.2) is 83.7 Å². The number of hydrogen-bond donors (Lipinski definition) is 5. The average molecular weight is 1020 g/mol. The lowest BCUT2D eigenvalue weighted by Gasteiger charge is -2.40. The molecular weight excluding hydrogens is 949 g/mol. The summed E-state index contributed by atoms with van der Waals surface area (Å²) in [5.41, 5.74) is 8.30. The summed E-state index contributed by atoms with van der Waals surface area (Å²) in [7, 11) is 1.68. The van der Waals surface area contributed by atoms with Gasteiger partial charge >= 0.3 is 11.8 Å². The van der Waals surface area contributed by atoms with Crippen molar-refractivity contribution in [1.29, 1.82) is 0 Å². The summed E-state index contributed by atoms with van der Waals surface area (Å²) >= 11 is 0. The molecule has 0 radical (unpaired) electrons. The van der Waals surface area contributed by atoms with Crippen LogP contribution in [0.5, 0.6) is 0 Å². The van der Waals surface area contributed by atoms with Crippen molar-refractivity contribution in [3.63, 3.8) is 0 Å². The van der Waals surface area contributed by atoms with Gasteiger partial charge in [-0.05, 0) is 120 Å². The lowest BCUT2D eigenvalue weighted by molar-refractivity contribution is -0.146. The maximum atomic E-state index is 14.8. The number of primary amides is 1. The molecular formula is C54H68N10O10. The second-order valence-corrected chi connectivity index (χ2v) is 21.1. The number of carbonyl (C=O) groups is 8. The quantitative estimate of drug-likeness (QED) is 0.108. The number of imidazole rings is 1. The Morgan fingerprint density at radius 1 is 0.811 bits per heavy atom. The van der Waals surface area contributed by atoms with Crippen LogP contribution in [0.1, 0.15) is 107 Å². The molecule has 4 saturated heterocycles. The molecule has 8 amide bonds. The van der Waals surface area contributed by atoms with Gasteiger partial charge in [0.05, 0.1) is 30.2 Å². The molecule has 3 aromatic carbocycles. The summed E-state index contributed by atoms with van der Waals surface area (Å²) in [6.45, 7) is 6.59. The van der Waals surface area contributed by atoms with E-state index >= 15 is 0 Å². The lowest BCUT2D eigenvalue weighted by atomic mass is 9.90. The molecule has 5 atom stereocenters. The van der Waals surface area contributed by atoms with E-state index in [0.717, 1.165) is 36.0 Å². The van der Waals surface area contributed by atoms with E-state index in [2.05, 4.69) is 26.2 Å². The smallest absolute Gasteiger partial charge is 0.408 e. The highest BCUT2D eigenvalue weighted by Crippen LogP contribution is 2.31.